The van der Waals surface area contributed by atoms with Gasteiger partial charge in [0.25, 0.3) is 5.69 Å². The zero-order chi connectivity index (χ0) is 14.5. The van der Waals surface area contributed by atoms with Crippen molar-refractivity contribution in [3.8, 4) is 5.75 Å². The Balaban J connectivity index is 2.03. The molecular formula is C12H15N5O3. The van der Waals surface area contributed by atoms with Crippen LogP contribution in [0.2, 0.25) is 0 Å². The van der Waals surface area contributed by atoms with E-state index in [0.29, 0.717) is 30.2 Å². The van der Waals surface area contributed by atoms with Gasteiger partial charge in [0, 0.05) is 20.0 Å². The molecule has 0 amide bonds. The summed E-state index contributed by atoms with van der Waals surface area (Å²) in [5.74, 6) is 1.14. The highest BCUT2D eigenvalue weighted by Crippen LogP contribution is 2.28. The molecule has 2 aromatic rings. The van der Waals surface area contributed by atoms with Gasteiger partial charge in [-0.05, 0) is 12.1 Å². The lowest BCUT2D eigenvalue weighted by atomic mass is 10.2. The van der Waals surface area contributed by atoms with Crippen LogP contribution in [-0.4, -0.2) is 33.3 Å². The van der Waals surface area contributed by atoms with Gasteiger partial charge in [-0.1, -0.05) is 0 Å². The third-order valence-corrected chi connectivity index (χ3v) is 2.71. The van der Waals surface area contributed by atoms with Gasteiger partial charge in [0.2, 0.25) is 0 Å². The van der Waals surface area contributed by atoms with Gasteiger partial charge in [0.15, 0.2) is 5.82 Å². The molecule has 1 aromatic carbocycles. The number of nitro benzene ring substituents is 1. The number of methoxy groups -OCH3 is 1. The van der Waals surface area contributed by atoms with E-state index in [1.807, 2.05) is 0 Å². The first-order valence-electron chi connectivity index (χ1n) is 6.01. The van der Waals surface area contributed by atoms with E-state index < -0.39 is 4.92 Å². The van der Waals surface area contributed by atoms with Crippen molar-refractivity contribution in [3.63, 3.8) is 0 Å². The van der Waals surface area contributed by atoms with Crippen LogP contribution in [-0.2, 0) is 13.5 Å². The van der Waals surface area contributed by atoms with Gasteiger partial charge in [0.1, 0.15) is 17.8 Å². The molecule has 1 N–H and O–H groups in total. The lowest BCUT2D eigenvalue weighted by molar-refractivity contribution is -0.384. The van der Waals surface area contributed by atoms with Crippen LogP contribution < -0.4 is 10.1 Å². The van der Waals surface area contributed by atoms with Gasteiger partial charge in [-0.25, -0.2) is 4.98 Å². The second-order valence-corrected chi connectivity index (χ2v) is 4.15. The highest BCUT2D eigenvalue weighted by Gasteiger charge is 2.14. The second-order valence-electron chi connectivity index (χ2n) is 4.15. The summed E-state index contributed by atoms with van der Waals surface area (Å²) in [6, 6.07) is 4.69. The zero-order valence-corrected chi connectivity index (χ0v) is 11.2. The van der Waals surface area contributed by atoms with Crippen molar-refractivity contribution in [2.45, 2.75) is 6.42 Å². The summed E-state index contributed by atoms with van der Waals surface area (Å²) in [6.07, 6.45) is 2.20. The fourth-order valence-corrected chi connectivity index (χ4v) is 1.75. The number of aromatic nitrogens is 3. The number of nitrogens with one attached hydrogen (secondary N) is 1. The number of anilines is 1. The number of benzene rings is 1. The molecule has 0 saturated carbocycles. The molecule has 0 radical (unpaired) electrons. The SMILES string of the molecule is COc1ccc(NCCc2ncn(C)n2)c([N+](=O)[O-])c1. The first-order valence-corrected chi connectivity index (χ1v) is 6.01. The summed E-state index contributed by atoms with van der Waals surface area (Å²) >= 11 is 0. The molecule has 0 unspecified atom stereocenters. The number of nitro groups is 1. The van der Waals surface area contributed by atoms with Gasteiger partial charge < -0.3 is 10.1 Å². The summed E-state index contributed by atoms with van der Waals surface area (Å²) in [7, 11) is 3.26. The predicted octanol–water partition coefficient (Wildman–Crippen LogP) is 1.39. The largest absolute Gasteiger partial charge is 0.496 e. The Kier molecular flexibility index (Phi) is 4.14. The monoisotopic (exact) mass is 277 g/mol. The van der Waals surface area contributed by atoms with Crippen LogP contribution in [0.5, 0.6) is 5.75 Å². The molecule has 0 saturated heterocycles. The molecule has 8 heteroatoms. The number of hydrogen-bond acceptors (Lipinski definition) is 6. The van der Waals surface area contributed by atoms with Gasteiger partial charge >= 0.3 is 0 Å². The molecule has 1 heterocycles. The van der Waals surface area contributed by atoms with Gasteiger partial charge in [-0.3, -0.25) is 14.8 Å². The van der Waals surface area contributed by atoms with Crippen LogP contribution in [0.25, 0.3) is 0 Å². The maximum Gasteiger partial charge on any atom is 0.296 e. The van der Waals surface area contributed by atoms with E-state index in [9.17, 15) is 10.1 Å². The molecule has 0 fully saturated rings. The van der Waals surface area contributed by atoms with Gasteiger partial charge in [-0.2, -0.15) is 5.10 Å². The van der Waals surface area contributed by atoms with Crippen molar-refractivity contribution in [3.05, 3.63) is 40.5 Å². The molecule has 0 spiro atoms. The fourth-order valence-electron chi connectivity index (χ4n) is 1.75. The predicted molar refractivity (Wildman–Crippen MR) is 72.8 cm³/mol. The Bertz CT molecular complexity index is 611. The molecule has 0 atom stereocenters. The van der Waals surface area contributed by atoms with E-state index in [1.165, 1.54) is 13.2 Å². The summed E-state index contributed by atoms with van der Waals surface area (Å²) < 4.78 is 6.60. The molecule has 1 aromatic heterocycles. The Hall–Kier alpha value is -2.64. The second kappa shape index (κ2) is 6.00. The topological polar surface area (TPSA) is 95.1 Å². The van der Waals surface area contributed by atoms with Crippen molar-refractivity contribution in [1.29, 1.82) is 0 Å². The van der Waals surface area contributed by atoms with E-state index in [-0.39, 0.29) is 5.69 Å². The zero-order valence-electron chi connectivity index (χ0n) is 11.2. The molecule has 0 aliphatic heterocycles. The lowest BCUT2D eigenvalue weighted by Gasteiger charge is -2.07. The van der Waals surface area contributed by atoms with Gasteiger partial charge in [0.05, 0.1) is 18.1 Å². The Morgan fingerprint density at radius 3 is 2.90 bits per heavy atom. The smallest absolute Gasteiger partial charge is 0.296 e. The first kappa shape index (κ1) is 13.8. The molecule has 8 nitrogen and oxygen atoms in total. The summed E-state index contributed by atoms with van der Waals surface area (Å²) in [4.78, 5) is 14.7. The van der Waals surface area contributed by atoms with Crippen molar-refractivity contribution in [2.75, 3.05) is 19.0 Å². The average Bonchev–Trinajstić information content (AvgIpc) is 2.84. The van der Waals surface area contributed by atoms with E-state index >= 15 is 0 Å². The summed E-state index contributed by atoms with van der Waals surface area (Å²) in [5, 5.41) is 18.2. The minimum absolute atomic E-state index is 0.0154. The van der Waals surface area contributed by atoms with E-state index in [0.717, 1.165) is 0 Å². The van der Waals surface area contributed by atoms with Crippen molar-refractivity contribution in [2.24, 2.45) is 7.05 Å². The minimum Gasteiger partial charge on any atom is -0.496 e. The van der Waals surface area contributed by atoms with Crippen LogP contribution in [0.4, 0.5) is 11.4 Å². The van der Waals surface area contributed by atoms with Crippen LogP contribution in [0, 0.1) is 10.1 Å². The summed E-state index contributed by atoms with van der Waals surface area (Å²) in [6.45, 7) is 0.511. The number of ether oxygens (including phenoxy) is 1. The Morgan fingerprint density at radius 1 is 1.50 bits per heavy atom. The highest BCUT2D eigenvalue weighted by molar-refractivity contribution is 5.63. The lowest BCUT2D eigenvalue weighted by Crippen LogP contribution is -2.08. The van der Waals surface area contributed by atoms with Crippen LogP contribution in [0.15, 0.2) is 24.5 Å². The molecule has 106 valence electrons. The minimum atomic E-state index is -0.441. The Labute approximate surface area is 115 Å². The van der Waals surface area contributed by atoms with E-state index in [4.69, 9.17) is 4.74 Å². The van der Waals surface area contributed by atoms with E-state index in [2.05, 4.69) is 15.4 Å². The number of nitrogens with zero attached hydrogens (tertiary/aromatic N) is 4. The van der Waals surface area contributed by atoms with Crippen molar-refractivity contribution in [1.82, 2.24) is 14.8 Å². The molecule has 0 bridgehead atoms. The van der Waals surface area contributed by atoms with Crippen LogP contribution in [0.1, 0.15) is 5.82 Å². The average molecular weight is 277 g/mol. The maximum absolute atomic E-state index is 11.0. The molecule has 2 rings (SSSR count). The van der Waals surface area contributed by atoms with Crippen molar-refractivity contribution >= 4 is 11.4 Å². The number of rotatable bonds is 6. The summed E-state index contributed by atoms with van der Waals surface area (Å²) in [5.41, 5.74) is 0.435. The fraction of sp³-hybridized carbons (Fsp3) is 0.333. The van der Waals surface area contributed by atoms with Crippen molar-refractivity contribution < 1.29 is 9.66 Å². The van der Waals surface area contributed by atoms with Crippen LogP contribution in [0.3, 0.4) is 0 Å². The highest BCUT2D eigenvalue weighted by atomic mass is 16.6. The Morgan fingerprint density at radius 2 is 2.30 bits per heavy atom. The van der Waals surface area contributed by atoms with Gasteiger partial charge in [-0.15, -0.1) is 0 Å². The third kappa shape index (κ3) is 3.22. The molecule has 0 aliphatic carbocycles. The van der Waals surface area contributed by atoms with Crippen LogP contribution >= 0.6 is 0 Å². The maximum atomic E-state index is 11.0. The molecule has 0 aliphatic rings. The normalized spacial score (nSPS) is 10.3. The molecular weight excluding hydrogens is 262 g/mol. The number of aryl methyl sites for hydroxylation is 1. The quantitative estimate of drug-likeness (QED) is 0.633. The molecule has 20 heavy (non-hydrogen) atoms. The number of hydrogen-bond donors (Lipinski definition) is 1. The van der Waals surface area contributed by atoms with E-state index in [1.54, 1.807) is 30.2 Å². The standard InChI is InChI=1S/C12H15N5O3/c1-16-8-14-12(15-16)5-6-13-10-4-3-9(20-2)7-11(10)17(18)19/h3-4,7-8,13H,5-6H2,1-2H3. The first-order chi connectivity index (χ1) is 9.60. The third-order valence-electron chi connectivity index (χ3n) is 2.71.